The maximum atomic E-state index is 11.2. The number of nitrogens with zero attached hydrogens (tertiary/aromatic N) is 1. The highest BCUT2D eigenvalue weighted by molar-refractivity contribution is 7.91. The lowest BCUT2D eigenvalue weighted by atomic mass is 10.3. The van der Waals surface area contributed by atoms with Crippen molar-refractivity contribution >= 4 is 15.8 Å². The maximum absolute atomic E-state index is 11.2. The van der Waals surface area contributed by atoms with Gasteiger partial charge < -0.3 is 10.6 Å². The summed E-state index contributed by atoms with van der Waals surface area (Å²) in [4.78, 5) is 3.99. The van der Waals surface area contributed by atoms with E-state index in [1.54, 1.807) is 13.1 Å². The van der Waals surface area contributed by atoms with Gasteiger partial charge in [0.05, 0.1) is 11.5 Å². The van der Waals surface area contributed by atoms with E-state index in [1.807, 2.05) is 0 Å². The molecule has 86 valence electrons. The van der Waals surface area contributed by atoms with Gasteiger partial charge in [0.2, 0.25) is 0 Å². The zero-order valence-corrected chi connectivity index (χ0v) is 9.68. The van der Waals surface area contributed by atoms with Crippen molar-refractivity contribution < 1.29 is 8.42 Å². The van der Waals surface area contributed by atoms with E-state index in [0.717, 1.165) is 0 Å². The van der Waals surface area contributed by atoms with Crippen molar-refractivity contribution in [1.29, 1.82) is 0 Å². The average Bonchev–Trinajstić information content (AvgIpc) is 2.52. The van der Waals surface area contributed by atoms with Crippen LogP contribution in [0.5, 0.6) is 0 Å². The van der Waals surface area contributed by atoms with Gasteiger partial charge in [0.1, 0.15) is 0 Å². The summed E-state index contributed by atoms with van der Waals surface area (Å²) in [6.07, 6.45) is 2.37. The Morgan fingerprint density at radius 3 is 2.87 bits per heavy atom. The Balaban J connectivity index is 2.44. The van der Waals surface area contributed by atoms with Crippen LogP contribution in [0.2, 0.25) is 0 Å². The molecule has 1 saturated heterocycles. The smallest absolute Gasteiger partial charge is 0.191 e. The predicted molar refractivity (Wildman–Crippen MR) is 61.8 cm³/mol. The summed E-state index contributed by atoms with van der Waals surface area (Å²) < 4.78 is 22.4. The Bertz CT molecular complexity index is 348. The number of aliphatic imine (C=N–C) groups is 1. The molecule has 6 heteroatoms. The zero-order valence-electron chi connectivity index (χ0n) is 8.86. The van der Waals surface area contributed by atoms with Crippen LogP contribution in [-0.2, 0) is 9.84 Å². The lowest BCUT2D eigenvalue weighted by Gasteiger charge is -2.14. The van der Waals surface area contributed by atoms with Crippen molar-refractivity contribution in [2.24, 2.45) is 4.99 Å². The summed E-state index contributed by atoms with van der Waals surface area (Å²) in [5.41, 5.74) is 0. The summed E-state index contributed by atoms with van der Waals surface area (Å²) in [5, 5.41) is 6.07. The first-order valence-electron chi connectivity index (χ1n) is 4.86. The van der Waals surface area contributed by atoms with Crippen LogP contribution in [0.1, 0.15) is 6.42 Å². The summed E-state index contributed by atoms with van der Waals surface area (Å²) in [5.74, 6) is 1.09. The molecule has 5 nitrogen and oxygen atoms in total. The molecule has 1 atom stereocenters. The molecule has 0 spiro atoms. The number of hydrogen-bond donors (Lipinski definition) is 2. The second kappa shape index (κ2) is 5.16. The molecule has 0 aromatic rings. The topological polar surface area (TPSA) is 70.6 Å². The average molecular weight is 231 g/mol. The highest BCUT2D eigenvalue weighted by atomic mass is 32.2. The van der Waals surface area contributed by atoms with E-state index < -0.39 is 9.84 Å². The van der Waals surface area contributed by atoms with Gasteiger partial charge in [0.15, 0.2) is 15.8 Å². The lowest BCUT2D eigenvalue weighted by molar-refractivity contribution is 0.600. The normalized spacial score (nSPS) is 24.9. The first kappa shape index (κ1) is 12.0. The molecule has 0 radical (unpaired) electrons. The van der Waals surface area contributed by atoms with Gasteiger partial charge in [-0.05, 0) is 6.42 Å². The monoisotopic (exact) mass is 231 g/mol. The minimum Gasteiger partial charge on any atom is -0.353 e. The van der Waals surface area contributed by atoms with Crippen LogP contribution in [0.25, 0.3) is 0 Å². The minimum absolute atomic E-state index is 0.0222. The van der Waals surface area contributed by atoms with Crippen molar-refractivity contribution in [3.63, 3.8) is 0 Å². The molecule has 15 heavy (non-hydrogen) atoms. The molecule has 1 heterocycles. The van der Waals surface area contributed by atoms with Gasteiger partial charge in [-0.3, -0.25) is 4.99 Å². The lowest BCUT2D eigenvalue weighted by Crippen LogP contribution is -2.43. The third kappa shape index (κ3) is 3.91. The van der Waals surface area contributed by atoms with Gasteiger partial charge in [-0.1, -0.05) is 6.08 Å². The van der Waals surface area contributed by atoms with Crippen molar-refractivity contribution in [1.82, 2.24) is 10.6 Å². The summed E-state index contributed by atoms with van der Waals surface area (Å²) >= 11 is 0. The molecular formula is C9H17N3O2S. The summed E-state index contributed by atoms with van der Waals surface area (Å²) in [6, 6.07) is -0.0222. The van der Waals surface area contributed by atoms with Crippen LogP contribution < -0.4 is 10.6 Å². The van der Waals surface area contributed by atoms with Crippen molar-refractivity contribution in [3.05, 3.63) is 12.7 Å². The Morgan fingerprint density at radius 2 is 2.40 bits per heavy atom. The quantitative estimate of drug-likeness (QED) is 0.391. The van der Waals surface area contributed by atoms with E-state index in [1.165, 1.54) is 0 Å². The molecule has 2 N–H and O–H groups in total. The second-order valence-electron chi connectivity index (χ2n) is 3.49. The van der Waals surface area contributed by atoms with Gasteiger partial charge in [-0.15, -0.1) is 6.58 Å². The van der Waals surface area contributed by atoms with Crippen LogP contribution in [0.3, 0.4) is 0 Å². The Labute approximate surface area is 90.6 Å². The molecule has 1 fully saturated rings. The minimum atomic E-state index is -2.84. The van der Waals surface area contributed by atoms with Crippen LogP contribution >= 0.6 is 0 Å². The van der Waals surface area contributed by atoms with E-state index in [2.05, 4.69) is 22.2 Å². The first-order chi connectivity index (χ1) is 7.07. The molecule has 0 saturated carbocycles. The van der Waals surface area contributed by atoms with Crippen LogP contribution in [0.4, 0.5) is 0 Å². The fourth-order valence-electron chi connectivity index (χ4n) is 1.47. The predicted octanol–water partition coefficient (Wildman–Crippen LogP) is -0.475. The fourth-order valence-corrected chi connectivity index (χ4v) is 3.14. The van der Waals surface area contributed by atoms with Gasteiger partial charge in [-0.2, -0.15) is 0 Å². The third-order valence-corrected chi connectivity index (χ3v) is 3.98. The van der Waals surface area contributed by atoms with Gasteiger partial charge in [0.25, 0.3) is 0 Å². The molecular weight excluding hydrogens is 214 g/mol. The molecule has 1 aliphatic heterocycles. The number of sulfone groups is 1. The highest BCUT2D eigenvalue weighted by Crippen LogP contribution is 2.10. The van der Waals surface area contributed by atoms with Gasteiger partial charge in [-0.25, -0.2) is 8.42 Å². The van der Waals surface area contributed by atoms with E-state index in [4.69, 9.17) is 0 Å². The summed E-state index contributed by atoms with van der Waals surface area (Å²) in [7, 11) is -1.18. The fraction of sp³-hybridized carbons (Fsp3) is 0.667. The van der Waals surface area contributed by atoms with Gasteiger partial charge in [0, 0.05) is 19.6 Å². The molecule has 0 aromatic heterocycles. The summed E-state index contributed by atoms with van der Waals surface area (Å²) in [6.45, 7) is 4.19. The Kier molecular flexibility index (Phi) is 4.14. The largest absolute Gasteiger partial charge is 0.353 e. The van der Waals surface area contributed by atoms with E-state index in [0.29, 0.717) is 18.9 Å². The Morgan fingerprint density at radius 1 is 1.67 bits per heavy atom. The standard InChI is InChI=1S/C9H17N3O2S/c1-3-5-11-9(10-2)12-8-4-6-15(13,14)7-8/h3,8H,1,4-7H2,2H3,(H2,10,11,12). The van der Waals surface area contributed by atoms with Crippen LogP contribution in [-0.4, -0.2) is 45.5 Å². The van der Waals surface area contributed by atoms with Crippen molar-refractivity contribution in [2.75, 3.05) is 25.1 Å². The van der Waals surface area contributed by atoms with E-state index in [9.17, 15) is 8.42 Å². The van der Waals surface area contributed by atoms with Crippen LogP contribution in [0.15, 0.2) is 17.6 Å². The second-order valence-corrected chi connectivity index (χ2v) is 5.71. The SMILES string of the molecule is C=CCNC(=NC)NC1CCS(=O)(=O)C1. The maximum Gasteiger partial charge on any atom is 0.191 e. The Hall–Kier alpha value is -1.04. The van der Waals surface area contributed by atoms with Gasteiger partial charge >= 0.3 is 0 Å². The molecule has 0 bridgehead atoms. The number of hydrogen-bond acceptors (Lipinski definition) is 3. The number of rotatable bonds is 3. The molecule has 0 aliphatic carbocycles. The number of nitrogens with one attached hydrogen (secondary N) is 2. The molecule has 1 rings (SSSR count). The number of guanidine groups is 1. The third-order valence-electron chi connectivity index (χ3n) is 2.21. The zero-order chi connectivity index (χ0) is 11.3. The first-order valence-corrected chi connectivity index (χ1v) is 6.68. The molecule has 0 amide bonds. The molecule has 1 unspecified atom stereocenters. The van der Waals surface area contributed by atoms with Crippen molar-refractivity contribution in [3.8, 4) is 0 Å². The van der Waals surface area contributed by atoms with Crippen LogP contribution in [0, 0.1) is 0 Å². The van der Waals surface area contributed by atoms with E-state index in [-0.39, 0.29) is 17.5 Å². The molecule has 0 aromatic carbocycles. The molecule has 1 aliphatic rings. The van der Waals surface area contributed by atoms with Crippen molar-refractivity contribution in [2.45, 2.75) is 12.5 Å². The highest BCUT2D eigenvalue weighted by Gasteiger charge is 2.28. The van der Waals surface area contributed by atoms with E-state index >= 15 is 0 Å².